The average Bonchev–Trinajstić information content (AvgIpc) is 2.89. The minimum absolute atomic E-state index is 0.165. The van der Waals surface area contributed by atoms with Crippen molar-refractivity contribution >= 4 is 33.3 Å². The first kappa shape index (κ1) is 10.9. The Morgan fingerprint density at radius 1 is 1.11 bits per heavy atom. The van der Waals surface area contributed by atoms with Gasteiger partial charge in [-0.1, -0.05) is 18.2 Å². The fraction of sp³-hybridized carbons (Fsp3) is 0. The number of nitrogens with zero attached hydrogens (tertiary/aromatic N) is 2. The van der Waals surface area contributed by atoms with Gasteiger partial charge in [0.15, 0.2) is 0 Å². The van der Waals surface area contributed by atoms with Gasteiger partial charge in [-0.2, -0.15) is 0 Å². The number of anilines is 1. The van der Waals surface area contributed by atoms with E-state index in [1.807, 2.05) is 29.6 Å². The Morgan fingerprint density at radius 3 is 2.78 bits per heavy atom. The Kier molecular flexibility index (Phi) is 2.74. The summed E-state index contributed by atoms with van der Waals surface area (Å²) in [6.07, 6.45) is 1.46. The van der Waals surface area contributed by atoms with Gasteiger partial charge in [0.25, 0.3) is 5.91 Å². The van der Waals surface area contributed by atoms with Crippen LogP contribution in [0.15, 0.2) is 48.1 Å². The van der Waals surface area contributed by atoms with Crippen molar-refractivity contribution in [3.05, 3.63) is 53.7 Å². The Labute approximate surface area is 107 Å². The average molecular weight is 255 g/mol. The largest absolute Gasteiger partial charge is 0.306 e. The number of thiophene rings is 1. The Morgan fingerprint density at radius 2 is 1.94 bits per heavy atom. The highest BCUT2D eigenvalue weighted by Gasteiger charge is 2.09. The number of nitrogens with one attached hydrogen (secondary N) is 1. The molecule has 3 aromatic rings. The van der Waals surface area contributed by atoms with Crippen LogP contribution in [0.3, 0.4) is 0 Å². The molecule has 1 aromatic carbocycles. The molecular formula is C13H9N3OS. The number of fused-ring (bicyclic) bond motifs is 1. The minimum atomic E-state index is -0.165. The monoisotopic (exact) mass is 255 g/mol. The molecule has 4 nitrogen and oxygen atoms in total. The molecule has 2 heterocycles. The predicted molar refractivity (Wildman–Crippen MR) is 71.8 cm³/mol. The summed E-state index contributed by atoms with van der Waals surface area (Å²) >= 11 is 1.52. The molecule has 0 bridgehead atoms. The molecule has 0 aliphatic heterocycles. The zero-order chi connectivity index (χ0) is 12.4. The number of carbonyl (C=O) groups is 1. The van der Waals surface area contributed by atoms with E-state index >= 15 is 0 Å². The van der Waals surface area contributed by atoms with E-state index in [2.05, 4.69) is 15.3 Å². The highest BCUT2D eigenvalue weighted by Crippen LogP contribution is 2.23. The second kappa shape index (κ2) is 4.54. The molecule has 1 N–H and O–H groups in total. The lowest BCUT2D eigenvalue weighted by Crippen LogP contribution is -2.12. The van der Waals surface area contributed by atoms with Crippen LogP contribution >= 0.6 is 11.3 Å². The summed E-state index contributed by atoms with van der Waals surface area (Å²) in [6, 6.07) is 11.0. The van der Waals surface area contributed by atoms with Gasteiger partial charge >= 0.3 is 0 Å². The van der Waals surface area contributed by atoms with Gasteiger partial charge in [0.05, 0.1) is 5.39 Å². The van der Waals surface area contributed by atoms with Crippen LogP contribution in [0.25, 0.3) is 10.2 Å². The van der Waals surface area contributed by atoms with E-state index in [9.17, 15) is 4.79 Å². The third-order valence-electron chi connectivity index (χ3n) is 2.53. The minimum Gasteiger partial charge on any atom is -0.306 e. The van der Waals surface area contributed by atoms with Crippen LogP contribution in [-0.4, -0.2) is 15.9 Å². The molecule has 1 amide bonds. The molecule has 0 aliphatic rings. The fourth-order valence-corrected chi connectivity index (χ4v) is 2.39. The highest BCUT2D eigenvalue weighted by molar-refractivity contribution is 7.16. The van der Waals surface area contributed by atoms with Gasteiger partial charge in [-0.25, -0.2) is 9.97 Å². The predicted octanol–water partition coefficient (Wildman–Crippen LogP) is 2.94. The summed E-state index contributed by atoms with van der Waals surface area (Å²) in [5.41, 5.74) is 0.611. The molecule has 0 unspecified atom stereocenters. The van der Waals surface area contributed by atoms with E-state index < -0.39 is 0 Å². The molecule has 0 spiro atoms. The number of benzene rings is 1. The molecule has 3 rings (SSSR count). The van der Waals surface area contributed by atoms with Crippen LogP contribution < -0.4 is 5.32 Å². The lowest BCUT2D eigenvalue weighted by Gasteiger charge is -2.04. The third-order valence-corrected chi connectivity index (χ3v) is 3.35. The molecule has 0 saturated heterocycles. The normalized spacial score (nSPS) is 10.4. The van der Waals surface area contributed by atoms with Crippen LogP contribution in [-0.2, 0) is 0 Å². The maximum atomic E-state index is 12.0. The first-order chi connectivity index (χ1) is 8.84. The first-order valence-corrected chi connectivity index (χ1v) is 6.27. The van der Waals surface area contributed by atoms with E-state index in [4.69, 9.17) is 0 Å². The number of carbonyl (C=O) groups excluding carboxylic acids is 1. The summed E-state index contributed by atoms with van der Waals surface area (Å²) in [4.78, 5) is 21.1. The quantitative estimate of drug-likeness (QED) is 0.766. The molecule has 5 heteroatoms. The van der Waals surface area contributed by atoms with Gasteiger partial charge in [0.2, 0.25) is 0 Å². The van der Waals surface area contributed by atoms with E-state index in [0.29, 0.717) is 11.4 Å². The van der Waals surface area contributed by atoms with E-state index in [-0.39, 0.29) is 5.91 Å². The van der Waals surface area contributed by atoms with Crippen molar-refractivity contribution in [3.8, 4) is 0 Å². The van der Waals surface area contributed by atoms with Crippen molar-refractivity contribution in [2.45, 2.75) is 0 Å². The van der Waals surface area contributed by atoms with Crippen LogP contribution in [0.5, 0.6) is 0 Å². The topological polar surface area (TPSA) is 54.9 Å². The van der Waals surface area contributed by atoms with Gasteiger partial charge in [0, 0.05) is 5.56 Å². The summed E-state index contributed by atoms with van der Waals surface area (Å²) in [5, 5.41) is 5.60. The van der Waals surface area contributed by atoms with Crippen molar-refractivity contribution in [1.82, 2.24) is 9.97 Å². The number of amides is 1. The fourth-order valence-electron chi connectivity index (χ4n) is 1.66. The van der Waals surface area contributed by atoms with Crippen LogP contribution in [0.2, 0.25) is 0 Å². The van der Waals surface area contributed by atoms with Gasteiger partial charge in [-0.05, 0) is 23.6 Å². The number of hydrogen-bond donors (Lipinski definition) is 1. The number of hydrogen-bond acceptors (Lipinski definition) is 4. The third kappa shape index (κ3) is 1.96. The van der Waals surface area contributed by atoms with E-state index in [0.717, 1.165) is 10.2 Å². The van der Waals surface area contributed by atoms with Crippen molar-refractivity contribution in [2.24, 2.45) is 0 Å². The standard InChI is InChI=1S/C13H9N3OS/c17-12(9-4-2-1-3-5-9)16-11-10-6-7-18-13(10)15-8-14-11/h1-8H,(H,14,15,16,17). The van der Waals surface area contributed by atoms with Gasteiger partial charge in [-0.15, -0.1) is 11.3 Å². The summed E-state index contributed by atoms with van der Waals surface area (Å²) in [5.74, 6) is 0.386. The molecule has 0 atom stereocenters. The summed E-state index contributed by atoms with van der Waals surface area (Å²) in [6.45, 7) is 0. The molecular weight excluding hydrogens is 246 g/mol. The van der Waals surface area contributed by atoms with Crippen LogP contribution in [0.4, 0.5) is 5.82 Å². The van der Waals surface area contributed by atoms with Gasteiger partial charge < -0.3 is 5.32 Å². The lowest BCUT2D eigenvalue weighted by molar-refractivity contribution is 0.102. The number of rotatable bonds is 2. The van der Waals surface area contributed by atoms with Crippen molar-refractivity contribution in [3.63, 3.8) is 0 Å². The second-order valence-corrected chi connectivity index (χ2v) is 4.58. The van der Waals surface area contributed by atoms with Crippen molar-refractivity contribution in [1.29, 1.82) is 0 Å². The molecule has 0 fully saturated rings. The Balaban J connectivity index is 1.93. The highest BCUT2D eigenvalue weighted by atomic mass is 32.1. The zero-order valence-electron chi connectivity index (χ0n) is 9.33. The zero-order valence-corrected chi connectivity index (χ0v) is 10.1. The van der Waals surface area contributed by atoms with Crippen molar-refractivity contribution in [2.75, 3.05) is 5.32 Å². The van der Waals surface area contributed by atoms with Gasteiger partial charge in [0.1, 0.15) is 17.0 Å². The lowest BCUT2D eigenvalue weighted by atomic mass is 10.2. The first-order valence-electron chi connectivity index (χ1n) is 5.39. The maximum Gasteiger partial charge on any atom is 0.256 e. The number of aromatic nitrogens is 2. The summed E-state index contributed by atoms with van der Waals surface area (Å²) in [7, 11) is 0. The molecule has 18 heavy (non-hydrogen) atoms. The molecule has 2 aromatic heterocycles. The summed E-state index contributed by atoms with van der Waals surface area (Å²) < 4.78 is 0. The smallest absolute Gasteiger partial charge is 0.256 e. The Hall–Kier alpha value is -2.27. The maximum absolute atomic E-state index is 12.0. The SMILES string of the molecule is O=C(Nc1ncnc2sccc12)c1ccccc1. The van der Waals surface area contributed by atoms with E-state index in [1.165, 1.54) is 17.7 Å². The molecule has 88 valence electrons. The van der Waals surface area contributed by atoms with Crippen molar-refractivity contribution < 1.29 is 4.79 Å². The Bertz CT molecular complexity index is 694. The second-order valence-electron chi connectivity index (χ2n) is 3.68. The molecule has 0 aliphatic carbocycles. The van der Waals surface area contributed by atoms with Crippen LogP contribution in [0.1, 0.15) is 10.4 Å². The van der Waals surface area contributed by atoms with Gasteiger partial charge in [-0.3, -0.25) is 4.79 Å². The van der Waals surface area contributed by atoms with E-state index in [1.54, 1.807) is 12.1 Å². The van der Waals surface area contributed by atoms with Crippen LogP contribution in [0, 0.1) is 0 Å². The molecule has 0 radical (unpaired) electrons. The molecule has 0 saturated carbocycles.